The van der Waals surface area contributed by atoms with Gasteiger partial charge in [-0.25, -0.2) is 4.79 Å². The molecule has 0 unspecified atom stereocenters. The highest BCUT2D eigenvalue weighted by Crippen LogP contribution is 2.27. The summed E-state index contributed by atoms with van der Waals surface area (Å²) in [6, 6.07) is -0.680. The van der Waals surface area contributed by atoms with Crippen molar-refractivity contribution in [1.82, 2.24) is 10.2 Å². The summed E-state index contributed by atoms with van der Waals surface area (Å²) < 4.78 is 5.60. The summed E-state index contributed by atoms with van der Waals surface area (Å²) in [6.07, 6.45) is 3.48. The van der Waals surface area contributed by atoms with Crippen molar-refractivity contribution in [3.63, 3.8) is 0 Å². The van der Waals surface area contributed by atoms with Crippen LogP contribution >= 0.6 is 0 Å². The van der Waals surface area contributed by atoms with Crippen molar-refractivity contribution in [2.75, 3.05) is 0 Å². The van der Waals surface area contributed by atoms with Gasteiger partial charge in [0, 0.05) is 12.1 Å². The van der Waals surface area contributed by atoms with Gasteiger partial charge in [-0.2, -0.15) is 0 Å². The molecular formula is C19H37N3O3. The third-order valence-electron chi connectivity index (χ3n) is 4.60. The lowest BCUT2D eigenvalue weighted by Gasteiger charge is -2.43. The molecule has 25 heavy (non-hydrogen) atoms. The summed E-state index contributed by atoms with van der Waals surface area (Å²) in [5, 5.41) is 3.09. The summed E-state index contributed by atoms with van der Waals surface area (Å²) in [5.74, 6) is -0.0612. The Morgan fingerprint density at radius 2 is 1.68 bits per heavy atom. The number of carbonyl (C=O) groups excluding carboxylic acids is 2. The molecule has 0 aromatic rings. The number of ether oxygens (including phenoxy) is 1. The van der Waals surface area contributed by atoms with Gasteiger partial charge in [-0.3, -0.25) is 4.79 Å². The summed E-state index contributed by atoms with van der Waals surface area (Å²) in [5.41, 5.74) is 5.44. The fraction of sp³-hybridized carbons (Fsp3) is 0.895. The molecule has 0 aromatic heterocycles. The van der Waals surface area contributed by atoms with Gasteiger partial charge in [0.25, 0.3) is 0 Å². The molecule has 1 rings (SSSR count). The molecule has 0 saturated heterocycles. The topological polar surface area (TPSA) is 84.7 Å². The molecule has 0 spiro atoms. The van der Waals surface area contributed by atoms with Gasteiger partial charge in [-0.1, -0.05) is 26.7 Å². The van der Waals surface area contributed by atoms with Crippen LogP contribution in [0.2, 0.25) is 0 Å². The van der Waals surface area contributed by atoms with Crippen molar-refractivity contribution in [2.24, 2.45) is 11.7 Å². The molecule has 3 atom stereocenters. The normalized spacial score (nSPS) is 22.6. The molecule has 0 bridgehead atoms. The van der Waals surface area contributed by atoms with E-state index in [2.05, 4.69) is 5.32 Å². The highest BCUT2D eigenvalue weighted by atomic mass is 16.6. The van der Waals surface area contributed by atoms with Gasteiger partial charge in [-0.05, 0) is 53.4 Å². The Balaban J connectivity index is 2.94. The fourth-order valence-corrected chi connectivity index (χ4v) is 3.24. The van der Waals surface area contributed by atoms with Crippen molar-refractivity contribution in [3.05, 3.63) is 0 Å². The second-order valence-corrected chi connectivity index (χ2v) is 8.72. The highest BCUT2D eigenvalue weighted by molar-refractivity contribution is 5.82. The van der Waals surface area contributed by atoms with Crippen LogP contribution in [0.3, 0.4) is 0 Å². The zero-order valence-electron chi connectivity index (χ0n) is 17.0. The monoisotopic (exact) mass is 355 g/mol. The number of nitrogens with one attached hydrogen (secondary N) is 1. The Morgan fingerprint density at radius 1 is 1.12 bits per heavy atom. The number of carbonyl (C=O) groups is 2. The quantitative estimate of drug-likeness (QED) is 0.794. The standard InChI is InChI=1S/C19H37N3O3/c1-12(2)16(20)17(23)21-14-10-8-9-11-15(14)22(13(3)4)18(24)25-19(5,6)7/h12-16H,8-11,20H2,1-7H3,(H,21,23)/t14-,15-,16-/m0/s1. The second-order valence-electron chi connectivity index (χ2n) is 8.72. The lowest BCUT2D eigenvalue weighted by Crippen LogP contribution is -2.59. The number of nitrogens with two attached hydrogens (primary N) is 1. The van der Waals surface area contributed by atoms with Crippen molar-refractivity contribution >= 4 is 12.0 Å². The van der Waals surface area contributed by atoms with E-state index in [-0.39, 0.29) is 36.0 Å². The van der Waals surface area contributed by atoms with E-state index in [0.29, 0.717) is 0 Å². The Bertz CT molecular complexity index is 457. The minimum absolute atomic E-state index is 0.00359. The Morgan fingerprint density at radius 3 is 2.16 bits per heavy atom. The van der Waals surface area contributed by atoms with E-state index in [4.69, 9.17) is 10.5 Å². The minimum atomic E-state index is -0.544. The lowest BCUT2D eigenvalue weighted by molar-refractivity contribution is -0.124. The number of nitrogens with zero attached hydrogens (tertiary/aromatic N) is 1. The highest BCUT2D eigenvalue weighted by Gasteiger charge is 2.38. The first-order valence-electron chi connectivity index (χ1n) is 9.51. The maximum Gasteiger partial charge on any atom is 0.410 e. The van der Waals surface area contributed by atoms with Crippen LogP contribution in [0.5, 0.6) is 0 Å². The lowest BCUT2D eigenvalue weighted by atomic mass is 9.88. The van der Waals surface area contributed by atoms with Crippen molar-refractivity contribution in [3.8, 4) is 0 Å². The summed E-state index contributed by atoms with van der Waals surface area (Å²) in [4.78, 5) is 26.9. The van der Waals surface area contributed by atoms with Gasteiger partial charge in [-0.15, -0.1) is 0 Å². The molecule has 1 saturated carbocycles. The first-order chi connectivity index (χ1) is 11.4. The van der Waals surface area contributed by atoms with Crippen LogP contribution < -0.4 is 11.1 Å². The zero-order valence-corrected chi connectivity index (χ0v) is 17.0. The van der Waals surface area contributed by atoms with Crippen molar-refractivity contribution in [2.45, 2.75) is 104 Å². The fourth-order valence-electron chi connectivity index (χ4n) is 3.24. The molecule has 0 heterocycles. The smallest absolute Gasteiger partial charge is 0.410 e. The molecule has 1 aliphatic carbocycles. The summed E-state index contributed by atoms with van der Waals surface area (Å²) in [6.45, 7) is 13.4. The minimum Gasteiger partial charge on any atom is -0.444 e. The third kappa shape index (κ3) is 6.49. The molecule has 0 aliphatic heterocycles. The van der Waals surface area contributed by atoms with Gasteiger partial charge in [0.1, 0.15) is 5.60 Å². The average Bonchev–Trinajstić information content (AvgIpc) is 2.45. The van der Waals surface area contributed by atoms with Gasteiger partial charge in [0.05, 0.1) is 12.1 Å². The van der Waals surface area contributed by atoms with Gasteiger partial charge in [0.15, 0.2) is 0 Å². The Hall–Kier alpha value is -1.30. The molecule has 0 radical (unpaired) electrons. The molecule has 146 valence electrons. The molecule has 1 fully saturated rings. The van der Waals surface area contributed by atoms with E-state index in [1.165, 1.54) is 0 Å². The molecule has 6 heteroatoms. The van der Waals surface area contributed by atoms with E-state index in [1.807, 2.05) is 48.5 Å². The van der Waals surface area contributed by atoms with Crippen LogP contribution in [0.15, 0.2) is 0 Å². The average molecular weight is 356 g/mol. The second kappa shape index (κ2) is 8.88. The Labute approximate surface area is 152 Å². The van der Waals surface area contributed by atoms with Crippen molar-refractivity contribution in [1.29, 1.82) is 0 Å². The summed E-state index contributed by atoms with van der Waals surface area (Å²) in [7, 11) is 0. The molecule has 0 aromatic carbocycles. The van der Waals surface area contributed by atoms with Crippen LogP contribution in [0.1, 0.15) is 74.1 Å². The summed E-state index contributed by atoms with van der Waals surface area (Å²) >= 11 is 0. The van der Waals surface area contributed by atoms with Gasteiger partial charge < -0.3 is 20.7 Å². The van der Waals surface area contributed by atoms with Gasteiger partial charge >= 0.3 is 6.09 Å². The van der Waals surface area contributed by atoms with Crippen LogP contribution in [0, 0.1) is 5.92 Å². The van der Waals surface area contributed by atoms with E-state index < -0.39 is 11.6 Å². The number of hydrogen-bond acceptors (Lipinski definition) is 4. The molecule has 1 aliphatic rings. The third-order valence-corrected chi connectivity index (χ3v) is 4.60. The maximum absolute atomic E-state index is 12.7. The van der Waals surface area contributed by atoms with Crippen molar-refractivity contribution < 1.29 is 14.3 Å². The van der Waals surface area contributed by atoms with Crippen LogP contribution in [-0.4, -0.2) is 46.7 Å². The van der Waals surface area contributed by atoms with E-state index in [0.717, 1.165) is 25.7 Å². The zero-order chi connectivity index (χ0) is 19.4. The van der Waals surface area contributed by atoms with Gasteiger partial charge in [0.2, 0.25) is 5.91 Å². The number of rotatable bonds is 5. The molecule has 2 amide bonds. The first-order valence-corrected chi connectivity index (χ1v) is 9.51. The molecule has 6 nitrogen and oxygen atoms in total. The Kier molecular flexibility index (Phi) is 7.72. The van der Waals surface area contributed by atoms with Crippen LogP contribution in [0.25, 0.3) is 0 Å². The van der Waals surface area contributed by atoms with Crippen LogP contribution in [-0.2, 0) is 9.53 Å². The predicted molar refractivity (Wildman–Crippen MR) is 100 cm³/mol. The maximum atomic E-state index is 12.7. The van der Waals surface area contributed by atoms with E-state index >= 15 is 0 Å². The van der Waals surface area contributed by atoms with Crippen LogP contribution in [0.4, 0.5) is 4.79 Å². The molecular weight excluding hydrogens is 318 g/mol. The predicted octanol–water partition coefficient (Wildman–Crippen LogP) is 3.04. The number of amides is 2. The first kappa shape index (κ1) is 21.7. The number of hydrogen-bond donors (Lipinski definition) is 2. The van der Waals surface area contributed by atoms with E-state index in [1.54, 1.807) is 4.90 Å². The van der Waals surface area contributed by atoms with E-state index in [9.17, 15) is 9.59 Å². The molecule has 3 N–H and O–H groups in total. The largest absolute Gasteiger partial charge is 0.444 e. The SMILES string of the molecule is CC(C)[C@H](N)C(=O)N[C@H]1CCCC[C@@H]1N(C(=O)OC(C)(C)C)C(C)C.